The molecule has 1 aromatic heterocycles. The highest BCUT2D eigenvalue weighted by atomic mass is 32.2. The summed E-state index contributed by atoms with van der Waals surface area (Å²) in [7, 11) is 0. The average Bonchev–Trinajstić information content (AvgIpc) is 3.16. The van der Waals surface area contributed by atoms with Crippen LogP contribution in [0.5, 0.6) is 5.75 Å². The normalized spacial score (nSPS) is 23.8. The van der Waals surface area contributed by atoms with Crippen LogP contribution in [-0.4, -0.2) is 47.4 Å². The summed E-state index contributed by atoms with van der Waals surface area (Å²) in [5, 5.41) is 9.92. The number of pyridine rings is 1. The summed E-state index contributed by atoms with van der Waals surface area (Å²) in [6.07, 6.45) is 3.74. The molecule has 5 rings (SSSR count). The van der Waals surface area contributed by atoms with Gasteiger partial charge in [-0.15, -0.1) is 0 Å². The van der Waals surface area contributed by atoms with Crippen molar-refractivity contribution in [1.82, 2.24) is 20.9 Å². The number of aryl methyl sites for hydroxylation is 1. The molecule has 3 amide bonds. The number of benzene rings is 1. The van der Waals surface area contributed by atoms with Crippen LogP contribution >= 0.6 is 11.8 Å². The number of aromatic nitrogens is 1. The molecule has 0 saturated carbocycles. The SMILES string of the molecule is Cc1ccc(OC(C)C)cc1N1C(=O)NC2c3c1ccnc3S[C@H]2C(=O)NC1CCCNC1. The van der Waals surface area contributed by atoms with E-state index in [4.69, 9.17) is 4.74 Å². The predicted molar refractivity (Wildman–Crippen MR) is 128 cm³/mol. The van der Waals surface area contributed by atoms with Crippen LogP contribution in [0.2, 0.25) is 0 Å². The lowest BCUT2D eigenvalue weighted by Gasteiger charge is -2.35. The summed E-state index contributed by atoms with van der Waals surface area (Å²) in [4.78, 5) is 32.8. The Labute approximate surface area is 197 Å². The minimum atomic E-state index is -0.446. The van der Waals surface area contributed by atoms with Crippen molar-refractivity contribution in [2.75, 3.05) is 18.0 Å². The fourth-order valence-electron chi connectivity index (χ4n) is 4.70. The number of ether oxygens (including phenoxy) is 1. The minimum absolute atomic E-state index is 0.0281. The molecule has 0 bridgehead atoms. The molecular formula is C24H29N5O3S. The zero-order chi connectivity index (χ0) is 23.1. The molecule has 2 aromatic rings. The van der Waals surface area contributed by atoms with E-state index < -0.39 is 11.3 Å². The van der Waals surface area contributed by atoms with Gasteiger partial charge in [0.05, 0.1) is 23.5 Å². The smallest absolute Gasteiger partial charge is 0.327 e. The molecule has 1 fully saturated rings. The Kier molecular flexibility index (Phi) is 5.92. The summed E-state index contributed by atoms with van der Waals surface area (Å²) in [5.74, 6) is 0.652. The molecule has 0 radical (unpaired) electrons. The number of amides is 3. The Bertz CT molecular complexity index is 1090. The second-order valence-electron chi connectivity index (χ2n) is 9.02. The van der Waals surface area contributed by atoms with Crippen LogP contribution in [0.4, 0.5) is 16.2 Å². The molecule has 4 heterocycles. The fraction of sp³-hybridized carbons (Fsp3) is 0.458. The molecule has 2 unspecified atom stereocenters. The first-order valence-electron chi connectivity index (χ1n) is 11.5. The zero-order valence-electron chi connectivity index (χ0n) is 19.1. The molecule has 3 aliphatic heterocycles. The van der Waals surface area contributed by atoms with Crippen molar-refractivity contribution in [3.8, 4) is 5.75 Å². The third kappa shape index (κ3) is 4.15. The second-order valence-corrected chi connectivity index (χ2v) is 10.1. The van der Waals surface area contributed by atoms with E-state index in [9.17, 15) is 9.59 Å². The maximum Gasteiger partial charge on any atom is 0.327 e. The third-order valence-corrected chi connectivity index (χ3v) is 7.49. The summed E-state index contributed by atoms with van der Waals surface area (Å²) >= 11 is 1.43. The van der Waals surface area contributed by atoms with E-state index >= 15 is 0 Å². The number of hydrogen-bond donors (Lipinski definition) is 3. The van der Waals surface area contributed by atoms with Crippen LogP contribution in [-0.2, 0) is 4.79 Å². The van der Waals surface area contributed by atoms with Crippen LogP contribution in [0.15, 0.2) is 35.5 Å². The summed E-state index contributed by atoms with van der Waals surface area (Å²) in [6, 6.07) is 7.06. The van der Waals surface area contributed by atoms with E-state index in [1.807, 2.05) is 45.0 Å². The first-order chi connectivity index (χ1) is 15.9. The minimum Gasteiger partial charge on any atom is -0.491 e. The van der Waals surface area contributed by atoms with Gasteiger partial charge in [-0.1, -0.05) is 17.8 Å². The molecule has 33 heavy (non-hydrogen) atoms. The summed E-state index contributed by atoms with van der Waals surface area (Å²) < 4.78 is 5.87. The van der Waals surface area contributed by atoms with E-state index in [0.29, 0.717) is 5.75 Å². The number of carbonyl (C=O) groups is 2. The number of piperidine rings is 1. The molecule has 1 saturated heterocycles. The lowest BCUT2D eigenvalue weighted by Crippen LogP contribution is -2.52. The number of urea groups is 1. The third-order valence-electron chi connectivity index (χ3n) is 6.20. The Morgan fingerprint density at radius 2 is 2.15 bits per heavy atom. The van der Waals surface area contributed by atoms with Gasteiger partial charge >= 0.3 is 6.03 Å². The summed E-state index contributed by atoms with van der Waals surface area (Å²) in [5.41, 5.74) is 3.37. The maximum absolute atomic E-state index is 13.4. The molecule has 9 heteroatoms. The average molecular weight is 468 g/mol. The first-order valence-corrected chi connectivity index (χ1v) is 12.3. The van der Waals surface area contributed by atoms with E-state index in [-0.39, 0.29) is 24.1 Å². The predicted octanol–water partition coefficient (Wildman–Crippen LogP) is 3.42. The summed E-state index contributed by atoms with van der Waals surface area (Å²) in [6.45, 7) is 7.68. The molecule has 3 aliphatic rings. The van der Waals surface area contributed by atoms with Gasteiger partial charge in [0.2, 0.25) is 5.91 Å². The van der Waals surface area contributed by atoms with Crippen molar-refractivity contribution >= 4 is 35.1 Å². The molecular weight excluding hydrogens is 438 g/mol. The first kappa shape index (κ1) is 22.0. The second kappa shape index (κ2) is 8.87. The van der Waals surface area contributed by atoms with Crippen LogP contribution in [0.3, 0.4) is 0 Å². The van der Waals surface area contributed by atoms with Crippen molar-refractivity contribution < 1.29 is 14.3 Å². The van der Waals surface area contributed by atoms with Crippen LogP contribution in [0.1, 0.15) is 43.9 Å². The molecule has 3 atom stereocenters. The van der Waals surface area contributed by atoms with Crippen LogP contribution in [0, 0.1) is 6.92 Å². The maximum atomic E-state index is 13.4. The number of rotatable bonds is 5. The number of hydrogen-bond acceptors (Lipinski definition) is 6. The van der Waals surface area contributed by atoms with Gasteiger partial charge < -0.3 is 20.7 Å². The highest BCUT2D eigenvalue weighted by molar-refractivity contribution is 8.01. The topological polar surface area (TPSA) is 95.6 Å². The van der Waals surface area contributed by atoms with Crippen molar-refractivity contribution in [1.29, 1.82) is 0 Å². The molecule has 3 N–H and O–H groups in total. The number of anilines is 2. The lowest BCUT2D eigenvalue weighted by atomic mass is 9.99. The number of thioether (sulfide) groups is 1. The van der Waals surface area contributed by atoms with Gasteiger partial charge in [-0.3, -0.25) is 9.69 Å². The van der Waals surface area contributed by atoms with Crippen molar-refractivity contribution in [3.63, 3.8) is 0 Å². The van der Waals surface area contributed by atoms with Gasteiger partial charge in [0.15, 0.2) is 0 Å². The Morgan fingerprint density at radius 1 is 1.30 bits per heavy atom. The number of carbonyl (C=O) groups excluding carboxylic acids is 2. The molecule has 0 spiro atoms. The number of nitrogens with zero attached hydrogens (tertiary/aromatic N) is 2. The highest BCUT2D eigenvalue weighted by Crippen LogP contribution is 2.51. The zero-order valence-corrected chi connectivity index (χ0v) is 19.9. The van der Waals surface area contributed by atoms with Gasteiger partial charge in [-0.2, -0.15) is 0 Å². The van der Waals surface area contributed by atoms with Gasteiger partial charge in [0.25, 0.3) is 0 Å². The fourth-order valence-corrected chi connectivity index (χ4v) is 5.93. The van der Waals surface area contributed by atoms with Gasteiger partial charge in [0.1, 0.15) is 16.0 Å². The van der Waals surface area contributed by atoms with Crippen LogP contribution in [0.25, 0.3) is 0 Å². The van der Waals surface area contributed by atoms with E-state index in [1.54, 1.807) is 11.1 Å². The Morgan fingerprint density at radius 3 is 2.91 bits per heavy atom. The highest BCUT2D eigenvalue weighted by Gasteiger charge is 2.47. The van der Waals surface area contributed by atoms with E-state index in [0.717, 1.165) is 53.5 Å². The van der Waals surface area contributed by atoms with Gasteiger partial charge in [-0.25, -0.2) is 9.78 Å². The lowest BCUT2D eigenvalue weighted by molar-refractivity contribution is -0.121. The quantitative estimate of drug-likeness (QED) is 0.624. The molecule has 174 valence electrons. The van der Waals surface area contributed by atoms with E-state index in [1.165, 1.54) is 11.8 Å². The monoisotopic (exact) mass is 467 g/mol. The molecule has 8 nitrogen and oxygen atoms in total. The van der Waals surface area contributed by atoms with E-state index in [2.05, 4.69) is 20.9 Å². The van der Waals surface area contributed by atoms with Crippen molar-refractivity contribution in [2.24, 2.45) is 0 Å². The van der Waals surface area contributed by atoms with Crippen molar-refractivity contribution in [3.05, 3.63) is 41.6 Å². The van der Waals surface area contributed by atoms with Crippen LogP contribution < -0.4 is 25.6 Å². The van der Waals surface area contributed by atoms with Gasteiger partial charge in [0, 0.05) is 30.4 Å². The number of nitrogens with one attached hydrogen (secondary N) is 3. The Balaban J connectivity index is 1.46. The molecule has 0 aliphatic carbocycles. The standard InChI is InChI=1S/C24H29N5O3S/c1-13(2)32-16-7-6-14(3)18(11-16)29-17-8-10-26-23-19(17)20(28-24(29)31)21(33-23)22(30)27-15-5-4-9-25-12-15/h6-8,10-11,13,15,20-21,25H,4-5,9,12H2,1-3H3,(H,27,30)(H,28,31)/t15?,20?,21-/m1/s1. The largest absolute Gasteiger partial charge is 0.491 e. The van der Waals surface area contributed by atoms with Crippen molar-refractivity contribution in [2.45, 2.75) is 62.1 Å². The molecule has 1 aromatic carbocycles. The Hall–Kier alpha value is -2.78. The van der Waals surface area contributed by atoms with Gasteiger partial charge in [-0.05, 0) is 57.9 Å².